The number of hydrogen-bond acceptors (Lipinski definition) is 2. The number of rotatable bonds is 3. The summed E-state index contributed by atoms with van der Waals surface area (Å²) in [6, 6.07) is 6.27. The first kappa shape index (κ1) is 11.0. The molecule has 0 unspecified atom stereocenters. The van der Waals surface area contributed by atoms with Crippen LogP contribution in [-0.4, -0.2) is 16.7 Å². The fraction of sp³-hybridized carbons (Fsp3) is 0.462. The minimum Gasteiger partial charge on any atom is -0.385 e. The van der Waals surface area contributed by atoms with E-state index < -0.39 is 0 Å². The number of aromatic nitrogens is 2. The Morgan fingerprint density at radius 2 is 2.12 bits per heavy atom. The van der Waals surface area contributed by atoms with Gasteiger partial charge >= 0.3 is 0 Å². The molecule has 2 N–H and O–H groups in total. The number of nitrogens with one attached hydrogen (secondary N) is 2. The third kappa shape index (κ3) is 2.75. The van der Waals surface area contributed by atoms with Gasteiger partial charge in [0.2, 0.25) is 0 Å². The summed E-state index contributed by atoms with van der Waals surface area (Å²) >= 11 is 0. The molecule has 0 fully saturated rings. The van der Waals surface area contributed by atoms with Crippen molar-refractivity contribution in [2.75, 3.05) is 11.9 Å². The van der Waals surface area contributed by atoms with Crippen molar-refractivity contribution in [1.82, 2.24) is 10.2 Å². The third-order valence-corrected chi connectivity index (χ3v) is 2.64. The molecule has 0 saturated carbocycles. The highest BCUT2D eigenvalue weighted by atomic mass is 15.1. The number of nitrogens with zero attached hydrogens (tertiary/aromatic N) is 1. The molecule has 2 aromatic rings. The zero-order valence-electron chi connectivity index (χ0n) is 10.2. The van der Waals surface area contributed by atoms with Crippen LogP contribution in [0.25, 0.3) is 10.9 Å². The average Bonchev–Trinajstić information content (AvgIpc) is 2.62. The first-order valence-electron chi connectivity index (χ1n) is 5.72. The van der Waals surface area contributed by atoms with Crippen LogP contribution in [0.5, 0.6) is 0 Å². The van der Waals surface area contributed by atoms with E-state index in [2.05, 4.69) is 54.5 Å². The average molecular weight is 217 g/mol. The van der Waals surface area contributed by atoms with Crippen molar-refractivity contribution in [3.63, 3.8) is 0 Å². The molecule has 0 bridgehead atoms. The van der Waals surface area contributed by atoms with Crippen LogP contribution in [0.3, 0.4) is 0 Å². The lowest BCUT2D eigenvalue weighted by Gasteiger charge is -2.18. The summed E-state index contributed by atoms with van der Waals surface area (Å²) in [6.07, 6.45) is 3.01. The predicted molar refractivity (Wildman–Crippen MR) is 68.7 cm³/mol. The van der Waals surface area contributed by atoms with Crippen LogP contribution in [-0.2, 0) is 0 Å². The van der Waals surface area contributed by atoms with E-state index >= 15 is 0 Å². The van der Waals surface area contributed by atoms with Crippen molar-refractivity contribution in [2.45, 2.75) is 27.2 Å². The molecular weight excluding hydrogens is 198 g/mol. The Labute approximate surface area is 96.2 Å². The van der Waals surface area contributed by atoms with E-state index in [1.165, 1.54) is 0 Å². The molecule has 0 atom stereocenters. The monoisotopic (exact) mass is 217 g/mol. The standard InChI is InChI=1S/C13H19N3/c1-13(2,3)6-7-14-11-4-5-12-10(8-11)9-15-16-12/h4-5,8-9,14H,6-7H2,1-3H3,(H,15,16). The van der Waals surface area contributed by atoms with E-state index in [4.69, 9.17) is 0 Å². The molecule has 0 spiro atoms. The largest absolute Gasteiger partial charge is 0.385 e. The Morgan fingerprint density at radius 1 is 1.31 bits per heavy atom. The van der Waals surface area contributed by atoms with Crippen LogP contribution in [0.2, 0.25) is 0 Å². The van der Waals surface area contributed by atoms with Crippen LogP contribution in [0.1, 0.15) is 27.2 Å². The van der Waals surface area contributed by atoms with Crippen molar-refractivity contribution < 1.29 is 0 Å². The Bertz CT molecular complexity index is 465. The van der Waals surface area contributed by atoms with Gasteiger partial charge in [-0.25, -0.2) is 0 Å². The third-order valence-electron chi connectivity index (χ3n) is 2.64. The second-order valence-electron chi connectivity index (χ2n) is 5.41. The lowest BCUT2D eigenvalue weighted by atomic mass is 9.92. The molecule has 0 radical (unpaired) electrons. The second kappa shape index (κ2) is 4.16. The molecule has 16 heavy (non-hydrogen) atoms. The lowest BCUT2D eigenvalue weighted by Crippen LogP contribution is -2.12. The fourth-order valence-electron chi connectivity index (χ4n) is 1.63. The Morgan fingerprint density at radius 3 is 2.88 bits per heavy atom. The molecule has 0 aliphatic carbocycles. The van der Waals surface area contributed by atoms with Gasteiger partial charge in [0.1, 0.15) is 0 Å². The smallest absolute Gasteiger partial charge is 0.0651 e. The highest BCUT2D eigenvalue weighted by Crippen LogP contribution is 2.20. The Balaban J connectivity index is 1.99. The van der Waals surface area contributed by atoms with Gasteiger partial charge in [-0.15, -0.1) is 0 Å². The summed E-state index contributed by atoms with van der Waals surface area (Å²) in [5.74, 6) is 0. The maximum Gasteiger partial charge on any atom is 0.0651 e. The van der Waals surface area contributed by atoms with E-state index in [1.54, 1.807) is 0 Å². The van der Waals surface area contributed by atoms with Crippen LogP contribution in [0, 0.1) is 5.41 Å². The van der Waals surface area contributed by atoms with E-state index in [0.717, 1.165) is 29.6 Å². The van der Waals surface area contributed by atoms with E-state index in [-0.39, 0.29) is 0 Å². The zero-order valence-corrected chi connectivity index (χ0v) is 10.2. The van der Waals surface area contributed by atoms with Crippen LogP contribution in [0.15, 0.2) is 24.4 Å². The van der Waals surface area contributed by atoms with Gasteiger partial charge < -0.3 is 5.32 Å². The topological polar surface area (TPSA) is 40.7 Å². The summed E-state index contributed by atoms with van der Waals surface area (Å²) in [5.41, 5.74) is 2.63. The van der Waals surface area contributed by atoms with Gasteiger partial charge in [-0.1, -0.05) is 20.8 Å². The molecule has 0 saturated heterocycles. The summed E-state index contributed by atoms with van der Waals surface area (Å²) in [5, 5.41) is 11.6. The van der Waals surface area contributed by atoms with Gasteiger partial charge in [0.25, 0.3) is 0 Å². The zero-order chi connectivity index (χ0) is 11.6. The molecule has 1 aromatic heterocycles. The SMILES string of the molecule is CC(C)(C)CCNc1ccc2[nH]ncc2c1. The molecule has 0 aliphatic heterocycles. The number of fused-ring (bicyclic) bond motifs is 1. The van der Waals surface area contributed by atoms with Crippen LogP contribution >= 0.6 is 0 Å². The second-order valence-corrected chi connectivity index (χ2v) is 5.41. The first-order chi connectivity index (χ1) is 7.54. The van der Waals surface area contributed by atoms with E-state index in [9.17, 15) is 0 Å². The molecule has 3 nitrogen and oxygen atoms in total. The van der Waals surface area contributed by atoms with Crippen molar-refractivity contribution in [2.24, 2.45) is 5.41 Å². The molecular formula is C13H19N3. The predicted octanol–water partition coefficient (Wildman–Crippen LogP) is 3.41. The van der Waals surface area contributed by atoms with Crippen LogP contribution in [0.4, 0.5) is 5.69 Å². The summed E-state index contributed by atoms with van der Waals surface area (Å²) < 4.78 is 0. The van der Waals surface area contributed by atoms with Crippen molar-refractivity contribution in [3.05, 3.63) is 24.4 Å². The Hall–Kier alpha value is -1.51. The van der Waals surface area contributed by atoms with Crippen LogP contribution < -0.4 is 5.32 Å². The minimum atomic E-state index is 0.382. The summed E-state index contributed by atoms with van der Waals surface area (Å²) in [6.45, 7) is 7.78. The van der Waals surface area contributed by atoms with Crippen molar-refractivity contribution in [1.29, 1.82) is 0 Å². The molecule has 3 heteroatoms. The van der Waals surface area contributed by atoms with Crippen molar-refractivity contribution >= 4 is 16.6 Å². The van der Waals surface area contributed by atoms with Gasteiger partial charge in [0.15, 0.2) is 0 Å². The van der Waals surface area contributed by atoms with Gasteiger partial charge in [0.05, 0.1) is 11.7 Å². The van der Waals surface area contributed by atoms with Crippen molar-refractivity contribution in [3.8, 4) is 0 Å². The first-order valence-corrected chi connectivity index (χ1v) is 5.72. The number of H-pyrrole nitrogens is 1. The molecule has 0 aliphatic rings. The molecule has 86 valence electrons. The number of benzene rings is 1. The van der Waals surface area contributed by atoms with E-state index in [1.807, 2.05) is 6.20 Å². The van der Waals surface area contributed by atoms with Gasteiger partial charge in [-0.2, -0.15) is 5.10 Å². The minimum absolute atomic E-state index is 0.382. The molecule has 1 aromatic carbocycles. The van der Waals surface area contributed by atoms with Gasteiger partial charge in [-0.05, 0) is 30.0 Å². The molecule has 2 rings (SSSR count). The normalized spacial score (nSPS) is 11.9. The highest BCUT2D eigenvalue weighted by molar-refractivity contribution is 5.81. The number of anilines is 1. The quantitative estimate of drug-likeness (QED) is 0.827. The Kier molecular flexibility index (Phi) is 2.86. The van der Waals surface area contributed by atoms with Gasteiger partial charge in [0, 0.05) is 17.6 Å². The number of hydrogen-bond donors (Lipinski definition) is 2. The summed E-state index contributed by atoms with van der Waals surface area (Å²) in [7, 11) is 0. The summed E-state index contributed by atoms with van der Waals surface area (Å²) in [4.78, 5) is 0. The lowest BCUT2D eigenvalue weighted by molar-refractivity contribution is 0.390. The van der Waals surface area contributed by atoms with E-state index in [0.29, 0.717) is 5.41 Å². The maximum atomic E-state index is 4.01. The van der Waals surface area contributed by atoms with Gasteiger partial charge in [-0.3, -0.25) is 5.10 Å². The maximum absolute atomic E-state index is 4.01. The molecule has 0 amide bonds. The molecule has 1 heterocycles. The fourth-order valence-corrected chi connectivity index (χ4v) is 1.63. The number of aromatic amines is 1. The highest BCUT2D eigenvalue weighted by Gasteiger charge is 2.08.